The van der Waals surface area contributed by atoms with Crippen molar-refractivity contribution in [3.05, 3.63) is 40.4 Å². The van der Waals surface area contributed by atoms with Gasteiger partial charge in [-0.3, -0.25) is 4.79 Å². The number of aromatic nitrogens is 1. The van der Waals surface area contributed by atoms with E-state index in [9.17, 15) is 9.90 Å². The third kappa shape index (κ3) is 5.59. The highest BCUT2D eigenvalue weighted by Crippen LogP contribution is 2.63. The number of hydrogen-bond acceptors (Lipinski definition) is 6. The monoisotopic (exact) mass is 524 g/mol. The first kappa shape index (κ1) is 26.6. The van der Waals surface area contributed by atoms with Crippen LogP contribution in [0.25, 0.3) is 0 Å². The molecule has 1 aromatic carbocycles. The predicted molar refractivity (Wildman–Crippen MR) is 151 cm³/mol. The van der Waals surface area contributed by atoms with Gasteiger partial charge in [0.05, 0.1) is 0 Å². The number of carbonyl (C=O) groups excluding carboxylic acids is 1. The molecule has 2 saturated carbocycles. The molecule has 2 fully saturated rings. The maximum atomic E-state index is 12.9. The number of hydrogen-bond donors (Lipinski definition) is 3. The molecule has 6 atom stereocenters. The zero-order chi connectivity index (χ0) is 26.2. The molecule has 0 bridgehead atoms. The van der Waals surface area contributed by atoms with Crippen LogP contribution in [0.3, 0.4) is 0 Å². The molecular weight excluding hydrogens is 480 g/mol. The van der Waals surface area contributed by atoms with E-state index >= 15 is 0 Å². The van der Waals surface area contributed by atoms with Crippen LogP contribution in [0.5, 0.6) is 5.75 Å². The minimum Gasteiger partial charge on any atom is -0.508 e. The third-order valence-electron chi connectivity index (χ3n) is 9.63. The molecule has 3 aliphatic rings. The van der Waals surface area contributed by atoms with E-state index in [1.807, 2.05) is 25.3 Å². The number of benzene rings is 1. The van der Waals surface area contributed by atoms with Crippen LogP contribution < -0.4 is 10.6 Å². The van der Waals surface area contributed by atoms with Crippen molar-refractivity contribution < 1.29 is 9.90 Å². The van der Waals surface area contributed by atoms with Crippen molar-refractivity contribution in [3.63, 3.8) is 0 Å². The SMILES string of the molecule is Cc1cnc(NC(=O)CC[C@@H]2CC(NCCCN(C)C)[C@@]3(C)CCC4c5ccc(O)cc5CCC4C23)s1. The second kappa shape index (κ2) is 11.0. The van der Waals surface area contributed by atoms with Crippen molar-refractivity contribution in [2.45, 2.75) is 77.2 Å². The summed E-state index contributed by atoms with van der Waals surface area (Å²) in [6.45, 7) is 6.72. The van der Waals surface area contributed by atoms with E-state index < -0.39 is 0 Å². The average Bonchev–Trinajstić information content (AvgIpc) is 3.39. The van der Waals surface area contributed by atoms with Crippen LogP contribution in [0.1, 0.15) is 73.8 Å². The lowest BCUT2D eigenvalue weighted by Gasteiger charge is -2.52. The summed E-state index contributed by atoms with van der Waals surface area (Å²) in [6.07, 6.45) is 10.3. The van der Waals surface area contributed by atoms with Crippen molar-refractivity contribution in [3.8, 4) is 5.75 Å². The first-order valence-corrected chi connectivity index (χ1v) is 15.0. The molecule has 0 radical (unpaired) electrons. The van der Waals surface area contributed by atoms with Gasteiger partial charge < -0.3 is 20.6 Å². The van der Waals surface area contributed by atoms with E-state index in [1.165, 1.54) is 36.8 Å². The van der Waals surface area contributed by atoms with Crippen LogP contribution in [0, 0.1) is 30.1 Å². The molecule has 0 spiro atoms. The number of carbonyl (C=O) groups is 1. The van der Waals surface area contributed by atoms with Gasteiger partial charge in [0.1, 0.15) is 5.75 Å². The number of anilines is 1. The number of phenolic OH excluding ortho intramolecular Hbond substituents is 1. The summed E-state index contributed by atoms with van der Waals surface area (Å²) in [5.41, 5.74) is 3.08. The van der Waals surface area contributed by atoms with E-state index in [0.29, 0.717) is 47.0 Å². The molecule has 1 amide bonds. The van der Waals surface area contributed by atoms with E-state index in [0.717, 1.165) is 37.2 Å². The molecule has 202 valence electrons. The summed E-state index contributed by atoms with van der Waals surface area (Å²) in [7, 11) is 4.28. The number of amides is 1. The highest BCUT2D eigenvalue weighted by molar-refractivity contribution is 7.15. The van der Waals surface area contributed by atoms with Crippen molar-refractivity contribution in [2.24, 2.45) is 23.2 Å². The molecule has 3 N–H and O–H groups in total. The average molecular weight is 525 g/mol. The lowest BCUT2D eigenvalue weighted by molar-refractivity contribution is -0.116. The number of phenols is 1. The fourth-order valence-corrected chi connectivity index (χ4v) is 8.74. The molecule has 1 aromatic heterocycles. The number of thiazole rings is 1. The van der Waals surface area contributed by atoms with Crippen LogP contribution in [-0.2, 0) is 11.2 Å². The van der Waals surface area contributed by atoms with Crippen LogP contribution >= 0.6 is 11.3 Å². The summed E-state index contributed by atoms with van der Waals surface area (Å²) in [5.74, 6) is 2.87. The summed E-state index contributed by atoms with van der Waals surface area (Å²) in [5, 5.41) is 17.8. The van der Waals surface area contributed by atoms with E-state index in [2.05, 4.69) is 47.6 Å². The summed E-state index contributed by atoms with van der Waals surface area (Å²) in [6, 6.07) is 6.57. The second-order valence-electron chi connectivity index (χ2n) is 12.3. The number of aromatic hydroxyl groups is 1. The van der Waals surface area contributed by atoms with Gasteiger partial charge >= 0.3 is 0 Å². The zero-order valence-electron chi connectivity index (χ0n) is 22.9. The van der Waals surface area contributed by atoms with Crippen molar-refractivity contribution in [2.75, 3.05) is 32.5 Å². The summed E-state index contributed by atoms with van der Waals surface area (Å²) < 4.78 is 0. The van der Waals surface area contributed by atoms with Crippen molar-refractivity contribution >= 4 is 22.4 Å². The lowest BCUT2D eigenvalue weighted by atomic mass is 9.53. The molecule has 0 saturated heterocycles. The Morgan fingerprint density at radius 3 is 2.89 bits per heavy atom. The molecule has 5 rings (SSSR count). The van der Waals surface area contributed by atoms with Gasteiger partial charge in [-0.25, -0.2) is 4.98 Å². The maximum absolute atomic E-state index is 12.9. The van der Waals surface area contributed by atoms with Crippen molar-refractivity contribution in [1.29, 1.82) is 0 Å². The van der Waals surface area contributed by atoms with Gasteiger partial charge in [0.15, 0.2) is 5.13 Å². The summed E-state index contributed by atoms with van der Waals surface area (Å²) in [4.78, 5) is 20.6. The summed E-state index contributed by atoms with van der Waals surface area (Å²) >= 11 is 1.54. The molecule has 3 aliphatic carbocycles. The van der Waals surface area contributed by atoms with Gasteiger partial charge in [-0.2, -0.15) is 0 Å². The fraction of sp³-hybridized carbons (Fsp3) is 0.667. The Hall–Kier alpha value is -1.96. The quantitative estimate of drug-likeness (QED) is 0.374. The van der Waals surface area contributed by atoms with Crippen LogP contribution in [0.2, 0.25) is 0 Å². The van der Waals surface area contributed by atoms with Crippen molar-refractivity contribution in [1.82, 2.24) is 15.2 Å². The standard InChI is InChI=1S/C30H44N4O2S/c1-19-18-32-29(37-19)33-27(36)11-7-21-17-26(31-14-5-15-34(3)4)30(2)13-12-24-23-10-8-22(35)16-20(23)6-9-25(24)28(21)30/h8,10,16,18,21,24-26,28,31,35H,5-7,9,11-15,17H2,1-4H3,(H,32,33,36)/t21-,24?,25?,26?,28?,30-/m1/s1. The van der Waals surface area contributed by atoms with E-state index in [4.69, 9.17) is 0 Å². The third-order valence-corrected chi connectivity index (χ3v) is 10.5. The Kier molecular flexibility index (Phi) is 7.94. The Morgan fingerprint density at radius 2 is 2.14 bits per heavy atom. The molecule has 2 aromatic rings. The molecule has 7 heteroatoms. The fourth-order valence-electron chi connectivity index (χ4n) is 8.06. The smallest absolute Gasteiger partial charge is 0.226 e. The Labute approximate surface area is 226 Å². The van der Waals surface area contributed by atoms with Gasteiger partial charge in [0.25, 0.3) is 0 Å². The van der Waals surface area contributed by atoms with Gasteiger partial charge in [-0.15, -0.1) is 11.3 Å². The normalized spacial score (nSPS) is 30.6. The lowest BCUT2D eigenvalue weighted by Crippen LogP contribution is -2.49. The Balaban J connectivity index is 1.33. The topological polar surface area (TPSA) is 77.5 Å². The molecule has 1 heterocycles. The van der Waals surface area contributed by atoms with Gasteiger partial charge in [0.2, 0.25) is 5.91 Å². The number of aryl methyl sites for hydroxylation is 2. The largest absolute Gasteiger partial charge is 0.508 e. The second-order valence-corrected chi connectivity index (χ2v) is 13.5. The zero-order valence-corrected chi connectivity index (χ0v) is 23.7. The molecule has 37 heavy (non-hydrogen) atoms. The molecule has 4 unspecified atom stereocenters. The van der Waals surface area contributed by atoms with E-state index in [1.54, 1.807) is 11.3 Å². The molecule has 0 aliphatic heterocycles. The van der Waals surface area contributed by atoms with Gasteiger partial charge in [-0.1, -0.05) is 13.0 Å². The number of nitrogens with zero attached hydrogens (tertiary/aromatic N) is 2. The first-order chi connectivity index (χ1) is 17.7. The van der Waals surface area contributed by atoms with E-state index in [-0.39, 0.29) is 11.3 Å². The highest BCUT2D eigenvalue weighted by Gasteiger charge is 2.58. The maximum Gasteiger partial charge on any atom is 0.226 e. The van der Waals surface area contributed by atoms with Crippen LogP contribution in [-0.4, -0.2) is 54.1 Å². The molecule has 6 nitrogen and oxygen atoms in total. The number of rotatable bonds is 9. The number of fused-ring (bicyclic) bond motifs is 5. The van der Waals surface area contributed by atoms with Crippen LogP contribution in [0.15, 0.2) is 24.4 Å². The minimum atomic E-state index is 0.0928. The minimum absolute atomic E-state index is 0.0928. The molecular formula is C30H44N4O2S. The van der Waals surface area contributed by atoms with Gasteiger partial charge in [0, 0.05) is 23.5 Å². The van der Waals surface area contributed by atoms with Gasteiger partial charge in [-0.05, 0) is 131 Å². The predicted octanol–water partition coefficient (Wildman–Crippen LogP) is 5.57. The highest BCUT2D eigenvalue weighted by atomic mass is 32.1. The Bertz CT molecular complexity index is 1100. The van der Waals surface area contributed by atoms with Crippen LogP contribution in [0.4, 0.5) is 5.13 Å². The number of nitrogens with one attached hydrogen (secondary N) is 2. The Morgan fingerprint density at radius 1 is 1.30 bits per heavy atom. The first-order valence-electron chi connectivity index (χ1n) is 14.2.